The lowest BCUT2D eigenvalue weighted by Gasteiger charge is -2.55. The Morgan fingerprint density at radius 1 is 1.33 bits per heavy atom. The minimum atomic E-state index is 0.134. The standard InChI is InChI=1S/C20H35NO3/c1-18(2,3)16-14-11-13-12-20(14,8-10-24-16)17(19(13,4)5)21-15(22)7-9-23-6/h13-14,16-17H,7-12H2,1-6H3,(H,21,22)/t13-,14-,16+,17-,20-/m1/s1. The minimum absolute atomic E-state index is 0.134. The fraction of sp³-hybridized carbons (Fsp3) is 0.950. The Kier molecular flexibility index (Phi) is 4.53. The molecule has 1 aliphatic heterocycles. The van der Waals surface area contributed by atoms with Crippen LogP contribution in [0.4, 0.5) is 0 Å². The van der Waals surface area contributed by atoms with E-state index in [0.29, 0.717) is 31.0 Å². The summed E-state index contributed by atoms with van der Waals surface area (Å²) in [6.45, 7) is 12.9. The van der Waals surface area contributed by atoms with E-state index in [1.165, 1.54) is 12.8 Å². The van der Waals surface area contributed by atoms with E-state index in [9.17, 15) is 4.79 Å². The molecule has 2 aliphatic carbocycles. The van der Waals surface area contributed by atoms with Gasteiger partial charge in [0, 0.05) is 26.2 Å². The number of fused-ring (bicyclic) bond motifs is 1. The van der Waals surface area contributed by atoms with Crippen molar-refractivity contribution in [3.8, 4) is 0 Å². The molecule has 0 aromatic carbocycles. The number of methoxy groups -OCH3 is 1. The van der Waals surface area contributed by atoms with E-state index in [1.54, 1.807) is 7.11 Å². The molecule has 2 bridgehead atoms. The normalized spacial score (nSPS) is 40.4. The maximum atomic E-state index is 12.4. The molecule has 0 aromatic heterocycles. The highest BCUT2D eigenvalue weighted by atomic mass is 16.5. The SMILES string of the molecule is COCCC(=O)N[C@@H]1C(C)(C)[C@@H]2C[C@@H]3[C@@H](C(C)(C)C)OCC[C@@]31C2. The van der Waals surface area contributed by atoms with Crippen LogP contribution in [0.15, 0.2) is 0 Å². The molecule has 1 spiro atoms. The van der Waals surface area contributed by atoms with Crippen LogP contribution >= 0.6 is 0 Å². The first-order valence-electron chi connectivity index (χ1n) is 9.53. The van der Waals surface area contributed by atoms with Crippen molar-refractivity contribution in [3.05, 3.63) is 0 Å². The molecule has 0 unspecified atom stereocenters. The van der Waals surface area contributed by atoms with E-state index in [1.807, 2.05) is 0 Å². The summed E-state index contributed by atoms with van der Waals surface area (Å²) in [5, 5.41) is 3.42. The second-order valence-electron chi connectivity index (χ2n) is 9.95. The van der Waals surface area contributed by atoms with Crippen LogP contribution in [0.25, 0.3) is 0 Å². The van der Waals surface area contributed by atoms with Crippen LogP contribution in [0.3, 0.4) is 0 Å². The Bertz CT molecular complexity index is 496. The van der Waals surface area contributed by atoms with Crippen molar-refractivity contribution < 1.29 is 14.3 Å². The lowest BCUT2D eigenvalue weighted by Crippen LogP contribution is -2.61. The van der Waals surface area contributed by atoms with Crippen LogP contribution in [0.2, 0.25) is 0 Å². The first kappa shape index (κ1) is 18.2. The molecule has 1 amide bonds. The average Bonchev–Trinajstić information content (AvgIpc) is 2.97. The molecule has 1 heterocycles. The van der Waals surface area contributed by atoms with Gasteiger partial charge in [0.05, 0.1) is 12.7 Å². The summed E-state index contributed by atoms with van der Waals surface area (Å²) >= 11 is 0. The smallest absolute Gasteiger partial charge is 0.222 e. The maximum Gasteiger partial charge on any atom is 0.222 e. The van der Waals surface area contributed by atoms with Crippen molar-refractivity contribution in [2.24, 2.45) is 28.1 Å². The predicted octanol–water partition coefficient (Wildman–Crippen LogP) is 3.40. The Balaban J connectivity index is 1.86. The summed E-state index contributed by atoms with van der Waals surface area (Å²) in [7, 11) is 1.65. The highest BCUT2D eigenvalue weighted by Crippen LogP contribution is 2.69. The summed E-state index contributed by atoms with van der Waals surface area (Å²) in [4.78, 5) is 12.4. The van der Waals surface area contributed by atoms with Gasteiger partial charge in [-0.2, -0.15) is 0 Å². The molecular weight excluding hydrogens is 302 g/mol. The number of rotatable bonds is 4. The van der Waals surface area contributed by atoms with E-state index in [0.717, 1.165) is 13.0 Å². The lowest BCUT2D eigenvalue weighted by atomic mass is 9.57. The monoisotopic (exact) mass is 337 g/mol. The lowest BCUT2D eigenvalue weighted by molar-refractivity contribution is -0.160. The molecule has 24 heavy (non-hydrogen) atoms. The van der Waals surface area contributed by atoms with E-state index < -0.39 is 0 Å². The zero-order chi connectivity index (χ0) is 17.8. The zero-order valence-electron chi connectivity index (χ0n) is 16.3. The van der Waals surface area contributed by atoms with Gasteiger partial charge in [0.15, 0.2) is 0 Å². The Morgan fingerprint density at radius 2 is 2.04 bits per heavy atom. The van der Waals surface area contributed by atoms with Crippen molar-refractivity contribution >= 4 is 5.91 Å². The summed E-state index contributed by atoms with van der Waals surface area (Å²) in [5.41, 5.74) is 0.531. The van der Waals surface area contributed by atoms with Gasteiger partial charge in [0.25, 0.3) is 0 Å². The van der Waals surface area contributed by atoms with Crippen molar-refractivity contribution in [1.82, 2.24) is 5.32 Å². The number of carbonyl (C=O) groups is 1. The molecule has 3 fully saturated rings. The van der Waals surface area contributed by atoms with Gasteiger partial charge in [-0.3, -0.25) is 4.79 Å². The van der Waals surface area contributed by atoms with E-state index in [2.05, 4.69) is 39.9 Å². The second kappa shape index (κ2) is 5.98. The van der Waals surface area contributed by atoms with E-state index in [-0.39, 0.29) is 28.2 Å². The number of amides is 1. The molecule has 4 nitrogen and oxygen atoms in total. The van der Waals surface area contributed by atoms with Crippen molar-refractivity contribution in [3.63, 3.8) is 0 Å². The Labute approximate surface area is 147 Å². The largest absolute Gasteiger partial charge is 0.384 e. The van der Waals surface area contributed by atoms with E-state index >= 15 is 0 Å². The molecule has 3 aliphatic rings. The van der Waals surface area contributed by atoms with Gasteiger partial charge >= 0.3 is 0 Å². The fourth-order valence-electron chi connectivity index (χ4n) is 6.07. The third-order valence-electron chi connectivity index (χ3n) is 7.20. The summed E-state index contributed by atoms with van der Waals surface area (Å²) < 4.78 is 11.3. The molecule has 138 valence electrons. The number of hydrogen-bond acceptors (Lipinski definition) is 3. The summed E-state index contributed by atoms with van der Waals surface area (Å²) in [6, 6.07) is 0.256. The van der Waals surface area contributed by atoms with E-state index in [4.69, 9.17) is 9.47 Å². The van der Waals surface area contributed by atoms with Crippen LogP contribution < -0.4 is 5.32 Å². The van der Waals surface area contributed by atoms with Gasteiger partial charge in [-0.05, 0) is 47.3 Å². The van der Waals surface area contributed by atoms with Gasteiger partial charge in [-0.25, -0.2) is 0 Å². The average molecular weight is 338 g/mol. The summed E-state index contributed by atoms with van der Waals surface area (Å²) in [5.74, 6) is 1.38. The third-order valence-corrected chi connectivity index (χ3v) is 7.20. The highest BCUT2D eigenvalue weighted by molar-refractivity contribution is 5.76. The molecule has 2 saturated carbocycles. The van der Waals surface area contributed by atoms with Crippen LogP contribution in [-0.2, 0) is 14.3 Å². The fourth-order valence-corrected chi connectivity index (χ4v) is 6.07. The zero-order valence-corrected chi connectivity index (χ0v) is 16.3. The number of nitrogens with one attached hydrogen (secondary N) is 1. The van der Waals surface area contributed by atoms with Gasteiger partial charge in [0.2, 0.25) is 5.91 Å². The minimum Gasteiger partial charge on any atom is -0.384 e. The summed E-state index contributed by atoms with van der Waals surface area (Å²) in [6.07, 6.45) is 4.33. The van der Waals surface area contributed by atoms with Gasteiger partial charge in [0.1, 0.15) is 0 Å². The van der Waals surface area contributed by atoms with Gasteiger partial charge in [-0.1, -0.05) is 34.6 Å². The number of ether oxygens (including phenoxy) is 2. The maximum absolute atomic E-state index is 12.4. The number of carbonyl (C=O) groups excluding carboxylic acids is 1. The van der Waals surface area contributed by atoms with Crippen LogP contribution in [0, 0.1) is 28.1 Å². The topological polar surface area (TPSA) is 47.6 Å². The molecular formula is C20H35NO3. The van der Waals surface area contributed by atoms with Crippen LogP contribution in [-0.4, -0.2) is 38.4 Å². The molecule has 4 heteroatoms. The van der Waals surface area contributed by atoms with Gasteiger partial charge in [-0.15, -0.1) is 0 Å². The Hall–Kier alpha value is -0.610. The highest BCUT2D eigenvalue weighted by Gasteiger charge is 2.69. The van der Waals surface area contributed by atoms with Gasteiger partial charge < -0.3 is 14.8 Å². The Morgan fingerprint density at radius 3 is 2.67 bits per heavy atom. The first-order chi connectivity index (χ1) is 11.1. The molecule has 1 N–H and O–H groups in total. The van der Waals surface area contributed by atoms with Crippen LogP contribution in [0.1, 0.15) is 60.3 Å². The number of hydrogen-bond donors (Lipinski definition) is 1. The van der Waals surface area contributed by atoms with Crippen molar-refractivity contribution in [1.29, 1.82) is 0 Å². The van der Waals surface area contributed by atoms with Crippen LogP contribution in [0.5, 0.6) is 0 Å². The quantitative estimate of drug-likeness (QED) is 0.855. The van der Waals surface area contributed by atoms with Crippen molar-refractivity contribution in [2.75, 3.05) is 20.3 Å². The predicted molar refractivity (Wildman–Crippen MR) is 94.7 cm³/mol. The second-order valence-corrected chi connectivity index (χ2v) is 9.95. The molecule has 1 saturated heterocycles. The third kappa shape index (κ3) is 2.70. The van der Waals surface area contributed by atoms with Crippen molar-refractivity contribution in [2.45, 2.75) is 72.4 Å². The molecule has 0 radical (unpaired) electrons. The first-order valence-corrected chi connectivity index (χ1v) is 9.53. The molecule has 3 rings (SSSR count). The molecule has 0 aromatic rings. The molecule has 5 atom stereocenters.